The van der Waals surface area contributed by atoms with Crippen LogP contribution in [0.1, 0.15) is 58.3 Å². The molecular weight excluding hydrogens is 534 g/mol. The zero-order chi connectivity index (χ0) is 28.6. The van der Waals surface area contributed by atoms with Gasteiger partial charge in [-0.25, -0.2) is 4.79 Å². The molecule has 2 aromatic carbocycles. The van der Waals surface area contributed by atoms with E-state index in [1.807, 2.05) is 43.9 Å². The summed E-state index contributed by atoms with van der Waals surface area (Å²) in [6.45, 7) is 11.5. The first kappa shape index (κ1) is 31.0. The van der Waals surface area contributed by atoms with Gasteiger partial charge in [0, 0.05) is 36.5 Å². The third-order valence-corrected chi connectivity index (χ3v) is 8.20. The molecule has 0 saturated carbocycles. The van der Waals surface area contributed by atoms with Gasteiger partial charge in [-0.05, 0) is 64.8 Å². The number of nitrogens with one attached hydrogen (secondary N) is 2. The molecule has 1 aromatic heterocycles. The van der Waals surface area contributed by atoms with Crippen LogP contribution in [0.4, 0.5) is 4.79 Å². The summed E-state index contributed by atoms with van der Waals surface area (Å²) in [5.74, 6) is 1.74. The number of aromatic nitrogens is 1. The van der Waals surface area contributed by atoms with Crippen molar-refractivity contribution in [3.63, 3.8) is 0 Å². The Morgan fingerprint density at radius 2 is 1.85 bits per heavy atom. The first-order chi connectivity index (χ1) is 18.4. The largest absolute Gasteiger partial charge is 0.506 e. The van der Waals surface area contributed by atoms with E-state index in [4.69, 9.17) is 4.74 Å². The predicted octanol–water partition coefficient (Wildman–Crippen LogP) is 5.30. The van der Waals surface area contributed by atoms with Crippen molar-refractivity contribution in [2.24, 2.45) is 0 Å². The summed E-state index contributed by atoms with van der Waals surface area (Å²) in [6.07, 6.45) is 0.487. The summed E-state index contributed by atoms with van der Waals surface area (Å²) < 4.78 is 6.32. The van der Waals surface area contributed by atoms with E-state index in [9.17, 15) is 19.8 Å². The molecule has 0 aliphatic heterocycles. The topological polar surface area (TPSA) is 115 Å². The second-order valence-corrected chi connectivity index (χ2v) is 13.4. The number of benzene rings is 2. The number of H-pyrrole nitrogens is 1. The summed E-state index contributed by atoms with van der Waals surface area (Å²) >= 11 is 2.77. The lowest BCUT2D eigenvalue weighted by Gasteiger charge is -2.39. The molecule has 0 bridgehead atoms. The van der Waals surface area contributed by atoms with Crippen molar-refractivity contribution >= 4 is 39.4 Å². The van der Waals surface area contributed by atoms with Crippen molar-refractivity contribution in [2.45, 2.75) is 64.7 Å². The molecule has 4 N–H and O–H groups in total. The number of ether oxygens (including phenoxy) is 1. The summed E-state index contributed by atoms with van der Waals surface area (Å²) in [6, 6.07) is 13.3. The number of phenolic OH excluding ortho intramolecular Hbond substituents is 1. The molecule has 3 rings (SSSR count). The van der Waals surface area contributed by atoms with Gasteiger partial charge in [-0.1, -0.05) is 47.7 Å². The second-order valence-electron chi connectivity index (χ2n) is 11.2. The molecule has 8 nitrogen and oxygen atoms in total. The maximum Gasteiger partial charge on any atom is 0.410 e. The number of carbonyl (C=O) groups excluding carboxylic acids is 1. The fraction of sp³-hybridized carbons (Fsp3) is 0.517. The summed E-state index contributed by atoms with van der Waals surface area (Å²) in [7, 11) is 0. The van der Waals surface area contributed by atoms with E-state index in [0.29, 0.717) is 35.4 Å². The average Bonchev–Trinajstić information content (AvgIpc) is 3.24. The van der Waals surface area contributed by atoms with Crippen LogP contribution in [0.5, 0.6) is 5.75 Å². The van der Waals surface area contributed by atoms with Crippen LogP contribution < -0.4 is 10.2 Å². The Kier molecular flexibility index (Phi) is 10.9. The van der Waals surface area contributed by atoms with Gasteiger partial charge < -0.3 is 30.2 Å². The molecule has 1 amide bonds. The molecule has 0 fully saturated rings. The maximum absolute atomic E-state index is 13.1. The highest BCUT2D eigenvalue weighted by atomic mass is 32.2. The molecule has 0 radical (unpaired) electrons. The molecule has 39 heavy (non-hydrogen) atoms. The van der Waals surface area contributed by atoms with Crippen LogP contribution in [0.3, 0.4) is 0 Å². The first-order valence-corrected chi connectivity index (χ1v) is 15.2. The molecule has 214 valence electrons. The zero-order valence-electron chi connectivity index (χ0n) is 23.5. The van der Waals surface area contributed by atoms with Gasteiger partial charge in [0.25, 0.3) is 0 Å². The lowest BCUT2D eigenvalue weighted by Crippen LogP contribution is -2.51. The van der Waals surface area contributed by atoms with Gasteiger partial charge in [0.1, 0.15) is 16.9 Å². The fourth-order valence-corrected chi connectivity index (χ4v) is 6.11. The van der Waals surface area contributed by atoms with E-state index in [1.165, 1.54) is 11.6 Å². The zero-order valence-corrected chi connectivity index (χ0v) is 25.1. The number of carbonyl (C=O) groups is 1. The van der Waals surface area contributed by atoms with E-state index in [2.05, 4.69) is 36.3 Å². The smallest absolute Gasteiger partial charge is 0.410 e. The van der Waals surface area contributed by atoms with Gasteiger partial charge in [-0.3, -0.25) is 4.79 Å². The van der Waals surface area contributed by atoms with E-state index in [-0.39, 0.29) is 16.7 Å². The number of rotatable bonds is 13. The van der Waals surface area contributed by atoms with Gasteiger partial charge in [0.05, 0.1) is 10.8 Å². The molecule has 1 heterocycles. The maximum atomic E-state index is 13.1. The number of hydrogen-bond donors (Lipinski definition) is 4. The van der Waals surface area contributed by atoms with Crippen molar-refractivity contribution in [1.82, 2.24) is 15.2 Å². The lowest BCUT2D eigenvalue weighted by atomic mass is 9.93. The minimum Gasteiger partial charge on any atom is -0.506 e. The molecular formula is C29H41N3O5S2. The number of phenols is 1. The van der Waals surface area contributed by atoms with Gasteiger partial charge in [0.2, 0.25) is 0 Å². The van der Waals surface area contributed by atoms with E-state index in [1.54, 1.807) is 17.8 Å². The van der Waals surface area contributed by atoms with Crippen LogP contribution in [-0.4, -0.2) is 68.5 Å². The van der Waals surface area contributed by atoms with E-state index >= 15 is 0 Å². The highest BCUT2D eigenvalue weighted by Crippen LogP contribution is 2.31. The van der Waals surface area contributed by atoms with Crippen LogP contribution >= 0.6 is 23.1 Å². The predicted molar refractivity (Wildman–Crippen MR) is 161 cm³/mol. The fourth-order valence-electron chi connectivity index (χ4n) is 4.37. The van der Waals surface area contributed by atoms with Crippen LogP contribution in [-0.2, 0) is 11.2 Å². The molecule has 0 spiro atoms. The van der Waals surface area contributed by atoms with Gasteiger partial charge in [0.15, 0.2) is 0 Å². The Hall–Kier alpha value is -2.53. The van der Waals surface area contributed by atoms with E-state index < -0.39 is 17.2 Å². The number of nitrogens with zero attached hydrogens (tertiary/aromatic N) is 1. The minimum atomic E-state index is -0.793. The van der Waals surface area contributed by atoms with Crippen molar-refractivity contribution < 1.29 is 19.7 Å². The normalized spacial score (nSPS) is 13.0. The Bertz CT molecular complexity index is 1270. The Balaban J connectivity index is 1.44. The number of thioether (sulfide) groups is 1. The molecule has 10 heteroatoms. The van der Waals surface area contributed by atoms with Crippen molar-refractivity contribution in [3.05, 3.63) is 63.3 Å². The number of aromatic hydroxyl groups is 1. The number of thiazole rings is 1. The number of hydrogen-bond acceptors (Lipinski definition) is 8. The monoisotopic (exact) mass is 575 g/mol. The van der Waals surface area contributed by atoms with Crippen LogP contribution in [0, 0.1) is 0 Å². The molecule has 1 atom stereocenters. The third kappa shape index (κ3) is 9.27. The Morgan fingerprint density at radius 3 is 2.54 bits per heavy atom. The van der Waals surface area contributed by atoms with Crippen molar-refractivity contribution in [2.75, 3.05) is 31.1 Å². The number of aliphatic hydroxyl groups is 1. The quantitative estimate of drug-likeness (QED) is 0.205. The highest BCUT2D eigenvalue weighted by molar-refractivity contribution is 7.99. The summed E-state index contributed by atoms with van der Waals surface area (Å²) in [4.78, 5) is 29.0. The Labute approximate surface area is 238 Å². The van der Waals surface area contributed by atoms with Gasteiger partial charge in [-0.15, -0.1) is 0 Å². The van der Waals surface area contributed by atoms with Crippen LogP contribution in [0.15, 0.2) is 47.3 Å². The van der Waals surface area contributed by atoms with Gasteiger partial charge in [-0.2, -0.15) is 11.8 Å². The molecule has 3 aromatic rings. The lowest BCUT2D eigenvalue weighted by molar-refractivity contribution is 0.00329. The second kappa shape index (κ2) is 13.7. The van der Waals surface area contributed by atoms with Crippen LogP contribution in [0.25, 0.3) is 10.2 Å². The number of aliphatic hydroxyl groups excluding tert-OH is 1. The van der Waals surface area contributed by atoms with Gasteiger partial charge >= 0.3 is 11.0 Å². The standard InChI is InChI=1S/C29H41N3O5S2/c1-28(2,3)37-27(36)32(29(4,5)18-20-10-7-6-8-11-20)15-9-16-38-17-14-30-19-23(34)21-12-13-22(33)24-25(21)39-26(35)31-24/h6-8,10-13,23,30,33-34H,9,14-19H2,1-5H3,(H,31,35)/t23-/m0/s1. The van der Waals surface area contributed by atoms with E-state index in [0.717, 1.165) is 35.7 Å². The first-order valence-electron chi connectivity index (χ1n) is 13.2. The summed E-state index contributed by atoms with van der Waals surface area (Å²) in [5, 5.41) is 23.8. The number of fused-ring (bicyclic) bond motifs is 1. The average molecular weight is 576 g/mol. The molecule has 0 aliphatic rings. The summed E-state index contributed by atoms with van der Waals surface area (Å²) in [5.41, 5.74) is 1.20. The molecule has 0 saturated heterocycles. The third-order valence-electron chi connectivity index (χ3n) is 6.20. The van der Waals surface area contributed by atoms with Crippen molar-refractivity contribution in [3.8, 4) is 5.75 Å². The Morgan fingerprint density at radius 1 is 1.13 bits per heavy atom. The molecule has 0 aliphatic carbocycles. The number of amides is 1. The molecule has 0 unspecified atom stereocenters. The SMILES string of the molecule is CC(C)(C)OC(=O)N(CCCSCCNC[C@H](O)c1ccc(O)c2[nH]c(=O)sc12)C(C)(C)Cc1ccccc1. The number of aromatic amines is 1. The van der Waals surface area contributed by atoms with Crippen LogP contribution in [0.2, 0.25) is 0 Å². The minimum absolute atomic E-state index is 0.00246. The highest BCUT2D eigenvalue weighted by Gasteiger charge is 2.34. The van der Waals surface area contributed by atoms with Crippen molar-refractivity contribution in [1.29, 1.82) is 0 Å².